The van der Waals surface area contributed by atoms with Crippen molar-refractivity contribution in [1.29, 1.82) is 0 Å². The van der Waals surface area contributed by atoms with Gasteiger partial charge in [0.05, 0.1) is 6.26 Å². The molecule has 1 N–H and O–H groups in total. The Bertz CT molecular complexity index is 522. The van der Waals surface area contributed by atoms with Gasteiger partial charge in [-0.2, -0.15) is 0 Å². The quantitative estimate of drug-likeness (QED) is 0.503. The fourth-order valence-corrected chi connectivity index (χ4v) is 7.08. The molecule has 4 aliphatic rings. The molecule has 2 heteroatoms. The summed E-state index contributed by atoms with van der Waals surface area (Å²) >= 11 is 0. The van der Waals surface area contributed by atoms with Crippen molar-refractivity contribution in [3.8, 4) is 0 Å². The lowest BCUT2D eigenvalue weighted by molar-refractivity contribution is -0.137. The van der Waals surface area contributed by atoms with Crippen LogP contribution in [0, 0.1) is 34.5 Å². The van der Waals surface area contributed by atoms with E-state index in [0.717, 1.165) is 30.9 Å². The van der Waals surface area contributed by atoms with Crippen LogP contribution in [0.2, 0.25) is 0 Å². The molecule has 0 radical (unpaired) electrons. The number of fused-ring (bicyclic) bond motifs is 5. The molecule has 0 amide bonds. The van der Waals surface area contributed by atoms with E-state index in [2.05, 4.69) is 13.8 Å². The lowest BCUT2D eigenvalue weighted by atomic mass is 9.45. The predicted octanol–water partition coefficient (Wildman–Crippen LogP) is 5.04. The van der Waals surface area contributed by atoms with Gasteiger partial charge in [-0.05, 0) is 74.0 Å². The van der Waals surface area contributed by atoms with Crippen molar-refractivity contribution in [3.05, 3.63) is 11.8 Å². The second-order valence-electron chi connectivity index (χ2n) is 9.05. The Kier molecular flexibility index (Phi) is 3.26. The van der Waals surface area contributed by atoms with Crippen LogP contribution in [0.4, 0.5) is 0 Å². The van der Waals surface area contributed by atoms with Gasteiger partial charge in [0.2, 0.25) is 0 Å². The number of aliphatic hydroxyl groups is 1. The predicted molar refractivity (Wildman–Crippen MR) is 87.4 cm³/mol. The SMILES string of the molecule is C[C@@]12CCCC[C@@H]1CC[C@H]1[C@H]2CC[C@]2(C)C(=O)/C(=C/O)C[C@@H]12. The summed E-state index contributed by atoms with van der Waals surface area (Å²) in [6.07, 6.45) is 12.6. The van der Waals surface area contributed by atoms with Crippen LogP contribution in [-0.4, -0.2) is 10.9 Å². The first-order valence-corrected chi connectivity index (χ1v) is 9.39. The minimum atomic E-state index is -0.187. The third-order valence-electron chi connectivity index (χ3n) is 8.38. The monoisotopic (exact) mass is 302 g/mol. The Balaban J connectivity index is 1.68. The van der Waals surface area contributed by atoms with Crippen LogP contribution >= 0.6 is 0 Å². The van der Waals surface area contributed by atoms with Crippen LogP contribution in [0.3, 0.4) is 0 Å². The normalized spacial score (nSPS) is 53.0. The highest BCUT2D eigenvalue weighted by atomic mass is 16.2. The molecule has 0 aromatic carbocycles. The summed E-state index contributed by atoms with van der Waals surface area (Å²) in [5.41, 5.74) is 1.04. The van der Waals surface area contributed by atoms with E-state index in [9.17, 15) is 9.90 Å². The number of Topliss-reactive ketones (excluding diaryl/α,β-unsaturated/α-hetero) is 1. The van der Waals surface area contributed by atoms with E-state index in [4.69, 9.17) is 0 Å². The standard InChI is InChI=1S/C20H30O2/c1-19-9-4-3-5-14(19)6-7-15-16(19)8-10-20(2)17(15)11-13(12-21)18(20)22/h12,14-17,21H,3-11H2,1-2H3/b13-12+/t14-,15+,16-,17+,19-,20+/m1/s1. The molecule has 0 saturated heterocycles. The zero-order valence-electron chi connectivity index (χ0n) is 14.1. The maximum absolute atomic E-state index is 12.7. The molecule has 0 aromatic heterocycles. The third kappa shape index (κ3) is 1.76. The molecule has 2 nitrogen and oxygen atoms in total. The first-order chi connectivity index (χ1) is 10.5. The Morgan fingerprint density at radius 1 is 1.05 bits per heavy atom. The van der Waals surface area contributed by atoms with E-state index >= 15 is 0 Å². The van der Waals surface area contributed by atoms with Crippen LogP contribution in [0.15, 0.2) is 11.8 Å². The summed E-state index contributed by atoms with van der Waals surface area (Å²) in [7, 11) is 0. The van der Waals surface area contributed by atoms with Crippen LogP contribution in [0.5, 0.6) is 0 Å². The van der Waals surface area contributed by atoms with E-state index in [1.54, 1.807) is 0 Å². The van der Waals surface area contributed by atoms with Gasteiger partial charge in [-0.25, -0.2) is 0 Å². The van der Waals surface area contributed by atoms with Crippen molar-refractivity contribution in [2.75, 3.05) is 0 Å². The van der Waals surface area contributed by atoms with Crippen LogP contribution in [0.1, 0.15) is 71.6 Å². The van der Waals surface area contributed by atoms with E-state index < -0.39 is 0 Å². The molecule has 4 saturated carbocycles. The smallest absolute Gasteiger partial charge is 0.168 e. The van der Waals surface area contributed by atoms with Crippen molar-refractivity contribution in [2.24, 2.45) is 34.5 Å². The lowest BCUT2D eigenvalue weighted by Crippen LogP contribution is -2.52. The fraction of sp³-hybridized carbons (Fsp3) is 0.850. The zero-order chi connectivity index (χ0) is 15.5. The van der Waals surface area contributed by atoms with Gasteiger partial charge >= 0.3 is 0 Å². The third-order valence-corrected chi connectivity index (χ3v) is 8.38. The van der Waals surface area contributed by atoms with Gasteiger partial charge in [0.1, 0.15) is 0 Å². The Morgan fingerprint density at radius 2 is 1.86 bits per heavy atom. The largest absolute Gasteiger partial charge is 0.515 e. The van der Waals surface area contributed by atoms with Crippen molar-refractivity contribution in [1.82, 2.24) is 0 Å². The summed E-state index contributed by atoms with van der Waals surface area (Å²) in [6.45, 7) is 4.75. The van der Waals surface area contributed by atoms with Gasteiger partial charge in [-0.3, -0.25) is 4.79 Å². The molecule has 0 aliphatic heterocycles. The summed E-state index contributed by atoms with van der Waals surface area (Å²) in [6, 6.07) is 0. The molecule has 6 atom stereocenters. The highest BCUT2D eigenvalue weighted by Crippen LogP contribution is 2.65. The second-order valence-corrected chi connectivity index (χ2v) is 9.05. The van der Waals surface area contributed by atoms with Crippen molar-refractivity contribution >= 4 is 5.78 Å². The van der Waals surface area contributed by atoms with Gasteiger partial charge in [-0.15, -0.1) is 0 Å². The first kappa shape index (κ1) is 14.8. The number of rotatable bonds is 0. The van der Waals surface area contributed by atoms with E-state index in [1.807, 2.05) is 0 Å². The second kappa shape index (κ2) is 4.85. The molecule has 0 aromatic rings. The topological polar surface area (TPSA) is 37.3 Å². The van der Waals surface area contributed by atoms with Gasteiger partial charge in [0.15, 0.2) is 5.78 Å². The van der Waals surface area contributed by atoms with E-state index in [-0.39, 0.29) is 11.2 Å². The number of carbonyl (C=O) groups is 1. The molecule has 4 aliphatic carbocycles. The molecule has 122 valence electrons. The zero-order valence-corrected chi connectivity index (χ0v) is 14.1. The highest BCUT2D eigenvalue weighted by Gasteiger charge is 2.60. The molecular formula is C20H30O2. The Labute approximate surface area is 134 Å². The van der Waals surface area contributed by atoms with E-state index in [0.29, 0.717) is 22.8 Å². The minimum absolute atomic E-state index is 0.187. The van der Waals surface area contributed by atoms with Gasteiger partial charge < -0.3 is 5.11 Å². The summed E-state index contributed by atoms with van der Waals surface area (Å²) in [5, 5.41) is 9.45. The Hall–Kier alpha value is -0.790. The van der Waals surface area contributed by atoms with Crippen molar-refractivity contribution in [3.63, 3.8) is 0 Å². The summed E-state index contributed by atoms with van der Waals surface area (Å²) in [5.74, 6) is 3.18. The van der Waals surface area contributed by atoms with Crippen LogP contribution in [0.25, 0.3) is 0 Å². The highest BCUT2D eigenvalue weighted by molar-refractivity contribution is 6.02. The number of carbonyl (C=O) groups excluding carboxylic acids is 1. The maximum atomic E-state index is 12.7. The number of aliphatic hydroxyl groups excluding tert-OH is 1. The van der Waals surface area contributed by atoms with Crippen LogP contribution < -0.4 is 0 Å². The number of hydrogen-bond acceptors (Lipinski definition) is 2. The average molecular weight is 302 g/mol. The van der Waals surface area contributed by atoms with Crippen molar-refractivity contribution in [2.45, 2.75) is 71.6 Å². The molecule has 0 bridgehead atoms. The van der Waals surface area contributed by atoms with Crippen molar-refractivity contribution < 1.29 is 9.90 Å². The summed E-state index contributed by atoms with van der Waals surface area (Å²) < 4.78 is 0. The number of ketones is 1. The molecule has 4 fully saturated rings. The van der Waals surface area contributed by atoms with Gasteiger partial charge in [-0.1, -0.05) is 26.7 Å². The minimum Gasteiger partial charge on any atom is -0.515 e. The Morgan fingerprint density at radius 3 is 2.64 bits per heavy atom. The van der Waals surface area contributed by atoms with Gasteiger partial charge in [0.25, 0.3) is 0 Å². The molecule has 0 unspecified atom stereocenters. The van der Waals surface area contributed by atoms with Crippen LogP contribution in [-0.2, 0) is 4.79 Å². The molecule has 0 heterocycles. The lowest BCUT2D eigenvalue weighted by Gasteiger charge is -2.59. The number of hydrogen-bond donors (Lipinski definition) is 1. The summed E-state index contributed by atoms with van der Waals surface area (Å²) in [4.78, 5) is 12.7. The van der Waals surface area contributed by atoms with E-state index in [1.165, 1.54) is 44.9 Å². The maximum Gasteiger partial charge on any atom is 0.168 e. The number of allylic oxidation sites excluding steroid dienone is 1. The fourth-order valence-electron chi connectivity index (χ4n) is 7.08. The molecule has 4 rings (SSSR count). The molecule has 22 heavy (non-hydrogen) atoms. The van der Waals surface area contributed by atoms with Gasteiger partial charge in [0, 0.05) is 11.0 Å². The molecule has 0 spiro atoms. The molecular weight excluding hydrogens is 272 g/mol. The average Bonchev–Trinajstić information content (AvgIpc) is 2.78. The first-order valence-electron chi connectivity index (χ1n) is 9.39.